The number of aliphatic carboxylic acids is 1. The van der Waals surface area contributed by atoms with E-state index in [1.54, 1.807) is 0 Å². The van der Waals surface area contributed by atoms with E-state index in [4.69, 9.17) is 0 Å². The minimum atomic E-state index is -0.614. The Balaban J connectivity index is 2.01. The summed E-state index contributed by atoms with van der Waals surface area (Å²) in [7, 11) is 0. The van der Waals surface area contributed by atoms with E-state index >= 15 is 0 Å². The molecule has 1 aliphatic carbocycles. The van der Waals surface area contributed by atoms with Crippen molar-refractivity contribution >= 4 is 17.7 Å². The molecule has 0 aromatic rings. The Hall–Kier alpha value is -0.220. The molecule has 0 radical (unpaired) electrons. The van der Waals surface area contributed by atoms with Crippen LogP contribution < -0.4 is 0 Å². The second-order valence-electron chi connectivity index (χ2n) is 4.80. The second kappa shape index (κ2) is 4.74. The summed E-state index contributed by atoms with van der Waals surface area (Å²) in [6, 6.07) is -0.203. The highest BCUT2D eigenvalue weighted by molar-refractivity contribution is 7.99. The molecular formula is C11H19NO2S. The smallest absolute Gasteiger partial charge is 0.321 e. The van der Waals surface area contributed by atoms with Crippen LogP contribution in [0.5, 0.6) is 0 Å². The van der Waals surface area contributed by atoms with Crippen molar-refractivity contribution < 1.29 is 9.90 Å². The lowest BCUT2D eigenvalue weighted by atomic mass is 10.1. The van der Waals surface area contributed by atoms with Crippen LogP contribution in [-0.4, -0.2) is 46.6 Å². The van der Waals surface area contributed by atoms with Crippen molar-refractivity contribution in [1.29, 1.82) is 0 Å². The van der Waals surface area contributed by atoms with Crippen molar-refractivity contribution in [2.24, 2.45) is 11.8 Å². The van der Waals surface area contributed by atoms with E-state index in [2.05, 4.69) is 11.8 Å². The summed E-state index contributed by atoms with van der Waals surface area (Å²) in [5.74, 6) is 2.70. The van der Waals surface area contributed by atoms with Gasteiger partial charge in [-0.15, -0.1) is 0 Å². The molecule has 1 saturated carbocycles. The molecule has 86 valence electrons. The molecule has 2 rings (SSSR count). The van der Waals surface area contributed by atoms with E-state index in [0.717, 1.165) is 31.7 Å². The van der Waals surface area contributed by atoms with Gasteiger partial charge < -0.3 is 5.11 Å². The molecule has 0 aromatic heterocycles. The normalized spacial score (nSPS) is 30.9. The summed E-state index contributed by atoms with van der Waals surface area (Å²) in [6.07, 6.45) is 2.21. The Morgan fingerprint density at radius 2 is 2.27 bits per heavy atom. The number of hydrogen-bond donors (Lipinski definition) is 1. The van der Waals surface area contributed by atoms with Crippen molar-refractivity contribution in [3.05, 3.63) is 0 Å². The lowest BCUT2D eigenvalue weighted by Gasteiger charge is -2.28. The van der Waals surface area contributed by atoms with Gasteiger partial charge in [0.05, 0.1) is 0 Å². The van der Waals surface area contributed by atoms with E-state index < -0.39 is 5.97 Å². The number of nitrogens with zero attached hydrogens (tertiary/aromatic N) is 1. The highest BCUT2D eigenvalue weighted by Crippen LogP contribution is 2.36. The highest BCUT2D eigenvalue weighted by atomic mass is 32.2. The van der Waals surface area contributed by atoms with E-state index in [1.165, 1.54) is 5.75 Å². The second-order valence-corrected chi connectivity index (χ2v) is 5.95. The Morgan fingerprint density at radius 3 is 2.87 bits per heavy atom. The predicted molar refractivity (Wildman–Crippen MR) is 62.2 cm³/mol. The van der Waals surface area contributed by atoms with Gasteiger partial charge in [-0.1, -0.05) is 6.92 Å². The van der Waals surface area contributed by atoms with Crippen LogP contribution in [0.25, 0.3) is 0 Å². The fourth-order valence-corrected chi connectivity index (χ4v) is 3.37. The maximum Gasteiger partial charge on any atom is 0.321 e. The van der Waals surface area contributed by atoms with Crippen molar-refractivity contribution in [3.63, 3.8) is 0 Å². The molecule has 2 fully saturated rings. The number of hydrogen-bond acceptors (Lipinski definition) is 3. The maximum atomic E-state index is 11.3. The quantitative estimate of drug-likeness (QED) is 0.797. The minimum Gasteiger partial charge on any atom is -0.480 e. The van der Waals surface area contributed by atoms with Gasteiger partial charge in [0.2, 0.25) is 0 Å². The number of rotatable bonds is 3. The molecule has 0 amide bonds. The standard InChI is InChI=1S/C11H19NO2S/c1-8-6-12(4-5-15-7-8)10(11(13)14)9-2-3-9/h8-10H,2-7H2,1H3,(H,13,14). The van der Waals surface area contributed by atoms with Gasteiger partial charge in [0, 0.05) is 18.8 Å². The van der Waals surface area contributed by atoms with Crippen molar-refractivity contribution in [3.8, 4) is 0 Å². The highest BCUT2D eigenvalue weighted by Gasteiger charge is 2.40. The molecule has 1 aliphatic heterocycles. The number of thioether (sulfide) groups is 1. The van der Waals surface area contributed by atoms with Crippen LogP contribution in [0.2, 0.25) is 0 Å². The third-order valence-corrected chi connectivity index (χ3v) is 4.46. The largest absolute Gasteiger partial charge is 0.480 e. The molecule has 0 bridgehead atoms. The van der Waals surface area contributed by atoms with Crippen LogP contribution >= 0.6 is 11.8 Å². The van der Waals surface area contributed by atoms with Crippen LogP contribution in [0.4, 0.5) is 0 Å². The van der Waals surface area contributed by atoms with Gasteiger partial charge >= 0.3 is 5.97 Å². The van der Waals surface area contributed by atoms with Gasteiger partial charge in [-0.3, -0.25) is 9.69 Å². The molecular weight excluding hydrogens is 210 g/mol. The minimum absolute atomic E-state index is 0.203. The molecule has 2 unspecified atom stereocenters. The summed E-state index contributed by atoms with van der Waals surface area (Å²) < 4.78 is 0. The van der Waals surface area contributed by atoms with Crippen LogP contribution in [-0.2, 0) is 4.79 Å². The zero-order valence-electron chi connectivity index (χ0n) is 9.19. The summed E-state index contributed by atoms with van der Waals surface area (Å²) in [4.78, 5) is 13.4. The first-order valence-corrected chi connectivity index (χ1v) is 6.88. The van der Waals surface area contributed by atoms with Gasteiger partial charge in [-0.05, 0) is 30.4 Å². The van der Waals surface area contributed by atoms with Crippen molar-refractivity contribution in [2.75, 3.05) is 24.6 Å². The lowest BCUT2D eigenvalue weighted by molar-refractivity contribution is -0.144. The zero-order chi connectivity index (χ0) is 10.8. The fraction of sp³-hybridized carbons (Fsp3) is 0.909. The Labute approximate surface area is 95.2 Å². The summed E-state index contributed by atoms with van der Waals surface area (Å²) in [5.41, 5.74) is 0. The third kappa shape index (κ3) is 2.88. The SMILES string of the molecule is CC1CSCCN(C(C(=O)O)C2CC2)C1. The van der Waals surface area contributed by atoms with E-state index in [0.29, 0.717) is 11.8 Å². The van der Waals surface area contributed by atoms with E-state index in [-0.39, 0.29) is 6.04 Å². The molecule has 2 atom stereocenters. The molecule has 15 heavy (non-hydrogen) atoms. The predicted octanol–water partition coefficient (Wildman–Crippen LogP) is 1.53. The van der Waals surface area contributed by atoms with Gasteiger partial charge in [0.15, 0.2) is 0 Å². The molecule has 4 heteroatoms. The number of carbonyl (C=O) groups is 1. The first kappa shape index (κ1) is 11.3. The summed E-state index contributed by atoms with van der Waals surface area (Å²) >= 11 is 1.95. The topological polar surface area (TPSA) is 40.5 Å². The van der Waals surface area contributed by atoms with Gasteiger partial charge in [0.1, 0.15) is 6.04 Å². The average molecular weight is 229 g/mol. The van der Waals surface area contributed by atoms with Gasteiger partial charge in [0.25, 0.3) is 0 Å². The number of carboxylic acid groups (broad SMARTS) is 1. The first-order valence-electron chi connectivity index (χ1n) is 5.73. The first-order chi connectivity index (χ1) is 7.18. The fourth-order valence-electron chi connectivity index (χ4n) is 2.33. The molecule has 1 heterocycles. The average Bonchev–Trinajstić information content (AvgIpc) is 2.94. The van der Waals surface area contributed by atoms with Crippen LogP contribution in [0.3, 0.4) is 0 Å². The Morgan fingerprint density at radius 1 is 1.53 bits per heavy atom. The summed E-state index contributed by atoms with van der Waals surface area (Å²) in [6.45, 7) is 4.13. The van der Waals surface area contributed by atoms with Crippen molar-refractivity contribution in [2.45, 2.75) is 25.8 Å². The summed E-state index contributed by atoms with van der Waals surface area (Å²) in [5, 5.41) is 9.27. The lowest BCUT2D eigenvalue weighted by Crippen LogP contribution is -2.45. The molecule has 0 aromatic carbocycles. The van der Waals surface area contributed by atoms with Gasteiger partial charge in [-0.25, -0.2) is 0 Å². The molecule has 2 aliphatic rings. The van der Waals surface area contributed by atoms with E-state index in [1.807, 2.05) is 11.8 Å². The molecule has 1 saturated heterocycles. The molecule has 0 spiro atoms. The van der Waals surface area contributed by atoms with Crippen LogP contribution in [0.15, 0.2) is 0 Å². The van der Waals surface area contributed by atoms with Gasteiger partial charge in [-0.2, -0.15) is 11.8 Å². The van der Waals surface area contributed by atoms with E-state index in [9.17, 15) is 9.90 Å². The zero-order valence-corrected chi connectivity index (χ0v) is 10.0. The Bertz CT molecular complexity index is 243. The number of carboxylic acids is 1. The molecule has 3 nitrogen and oxygen atoms in total. The maximum absolute atomic E-state index is 11.3. The Kier molecular flexibility index (Phi) is 3.57. The monoisotopic (exact) mass is 229 g/mol. The van der Waals surface area contributed by atoms with Crippen LogP contribution in [0.1, 0.15) is 19.8 Å². The van der Waals surface area contributed by atoms with Crippen molar-refractivity contribution in [1.82, 2.24) is 4.90 Å². The molecule has 1 N–H and O–H groups in total. The third-order valence-electron chi connectivity index (χ3n) is 3.19. The van der Waals surface area contributed by atoms with Crippen LogP contribution in [0, 0.1) is 11.8 Å².